The number of amides is 2. The summed E-state index contributed by atoms with van der Waals surface area (Å²) in [6.07, 6.45) is 8.15. The second-order valence-corrected chi connectivity index (χ2v) is 9.27. The third kappa shape index (κ3) is 7.24. The Kier molecular flexibility index (Phi) is 8.84. The van der Waals surface area contributed by atoms with Crippen LogP contribution in [0.4, 0.5) is 5.69 Å². The van der Waals surface area contributed by atoms with Gasteiger partial charge in [0, 0.05) is 31.2 Å². The van der Waals surface area contributed by atoms with Crippen LogP contribution in [0.1, 0.15) is 37.7 Å². The number of halogens is 1. The van der Waals surface area contributed by atoms with E-state index < -0.39 is 0 Å². The molecule has 4 rings (SSSR count). The fourth-order valence-corrected chi connectivity index (χ4v) is 4.24. The highest BCUT2D eigenvalue weighted by Crippen LogP contribution is 2.36. The molecule has 2 amide bonds. The van der Waals surface area contributed by atoms with Gasteiger partial charge in [-0.05, 0) is 55.2 Å². The Hall–Kier alpha value is -3.52. The molecule has 1 aromatic heterocycles. The molecular weight excluding hydrogens is 480 g/mol. The van der Waals surface area contributed by atoms with Crippen LogP contribution in [0.25, 0.3) is 0 Å². The van der Waals surface area contributed by atoms with Crippen molar-refractivity contribution in [2.75, 3.05) is 25.0 Å². The van der Waals surface area contributed by atoms with Gasteiger partial charge in [-0.2, -0.15) is 5.10 Å². The molecule has 3 aromatic rings. The van der Waals surface area contributed by atoms with Crippen LogP contribution in [0, 0.1) is 0 Å². The molecule has 0 saturated heterocycles. The van der Waals surface area contributed by atoms with Gasteiger partial charge in [-0.1, -0.05) is 36.6 Å². The van der Waals surface area contributed by atoms with E-state index in [1.165, 1.54) is 0 Å². The van der Waals surface area contributed by atoms with E-state index >= 15 is 0 Å². The van der Waals surface area contributed by atoms with E-state index in [2.05, 4.69) is 10.4 Å². The lowest BCUT2D eigenvalue weighted by Crippen LogP contribution is -2.38. The second-order valence-electron chi connectivity index (χ2n) is 8.84. The van der Waals surface area contributed by atoms with Gasteiger partial charge in [0.05, 0.1) is 25.0 Å². The highest BCUT2D eigenvalue weighted by atomic mass is 35.5. The summed E-state index contributed by atoms with van der Waals surface area (Å²) < 4.78 is 13.8. The number of aromatic nitrogens is 2. The lowest BCUT2D eigenvalue weighted by Gasteiger charge is -2.23. The minimum atomic E-state index is -0.312. The lowest BCUT2D eigenvalue weighted by molar-refractivity contribution is -0.134. The maximum absolute atomic E-state index is 13.1. The van der Waals surface area contributed by atoms with Crippen molar-refractivity contribution in [1.82, 2.24) is 14.7 Å². The summed E-state index contributed by atoms with van der Waals surface area (Å²) in [6.45, 7) is 1.04. The average molecular weight is 511 g/mol. The highest BCUT2D eigenvalue weighted by molar-refractivity contribution is 6.31. The Bertz CT molecular complexity index is 1200. The maximum Gasteiger partial charge on any atom is 0.244 e. The number of carbonyl (C=O) groups is 2. The van der Waals surface area contributed by atoms with Crippen LogP contribution in [0.15, 0.2) is 54.9 Å². The predicted octanol–water partition coefficient (Wildman–Crippen LogP) is 5.22. The van der Waals surface area contributed by atoms with E-state index in [4.69, 9.17) is 21.1 Å². The first kappa shape index (κ1) is 25.6. The van der Waals surface area contributed by atoms with Crippen molar-refractivity contribution in [3.8, 4) is 17.2 Å². The van der Waals surface area contributed by atoms with Crippen molar-refractivity contribution in [2.24, 2.45) is 7.05 Å². The van der Waals surface area contributed by atoms with Gasteiger partial charge >= 0.3 is 0 Å². The summed E-state index contributed by atoms with van der Waals surface area (Å²) in [6, 6.07) is 12.5. The van der Waals surface area contributed by atoms with E-state index in [-0.39, 0.29) is 18.4 Å². The number of benzene rings is 2. The van der Waals surface area contributed by atoms with Crippen molar-refractivity contribution in [1.29, 1.82) is 0 Å². The molecule has 1 aliphatic heterocycles. The fourth-order valence-electron chi connectivity index (χ4n) is 4.07. The third-order valence-electron chi connectivity index (χ3n) is 5.94. The van der Waals surface area contributed by atoms with Crippen molar-refractivity contribution >= 4 is 29.1 Å². The molecule has 190 valence electrons. The minimum absolute atomic E-state index is 0.0441. The van der Waals surface area contributed by atoms with Crippen molar-refractivity contribution in [2.45, 2.75) is 38.5 Å². The standard InChI is InChI=1S/C27H31ClN4O4/c1-31-18-20(17-29-31)10-13-27(34)32-14-6-2-3-7-15-35-24-8-4-5-9-25(24)36-23-12-11-21(28)16-22(23)30-26(33)19-32/h4-5,8-9,11-12,16-18H,2-3,6-7,10,13-15,19H2,1H3,(H,30,33). The number of para-hydroxylation sites is 2. The monoisotopic (exact) mass is 510 g/mol. The average Bonchev–Trinajstić information content (AvgIpc) is 3.28. The van der Waals surface area contributed by atoms with E-state index in [1.807, 2.05) is 37.5 Å². The number of hydrogen-bond acceptors (Lipinski definition) is 5. The van der Waals surface area contributed by atoms with E-state index in [0.717, 1.165) is 31.2 Å². The quantitative estimate of drug-likeness (QED) is 0.522. The van der Waals surface area contributed by atoms with Gasteiger partial charge in [-0.15, -0.1) is 0 Å². The molecule has 0 saturated carbocycles. The number of aryl methyl sites for hydroxylation is 2. The van der Waals surface area contributed by atoms with E-state index in [9.17, 15) is 9.59 Å². The van der Waals surface area contributed by atoms with Crippen LogP contribution >= 0.6 is 11.6 Å². The molecule has 0 spiro atoms. The Balaban J connectivity index is 1.52. The van der Waals surface area contributed by atoms with Crippen LogP contribution in [0.5, 0.6) is 17.2 Å². The molecule has 0 bridgehead atoms. The molecular formula is C27H31ClN4O4. The normalized spacial score (nSPS) is 15.2. The van der Waals surface area contributed by atoms with Crippen LogP contribution in [0.2, 0.25) is 5.02 Å². The number of nitrogens with zero attached hydrogens (tertiary/aromatic N) is 3. The molecule has 1 N–H and O–H groups in total. The summed E-state index contributed by atoms with van der Waals surface area (Å²) in [4.78, 5) is 27.7. The van der Waals surface area contributed by atoms with Gasteiger partial charge in [0.25, 0.3) is 0 Å². The molecule has 0 aliphatic carbocycles. The molecule has 1 aliphatic rings. The number of rotatable bonds is 3. The number of fused-ring (bicyclic) bond motifs is 2. The number of ether oxygens (including phenoxy) is 2. The number of anilines is 1. The van der Waals surface area contributed by atoms with Gasteiger partial charge in [0.1, 0.15) is 0 Å². The predicted molar refractivity (Wildman–Crippen MR) is 139 cm³/mol. The van der Waals surface area contributed by atoms with Gasteiger partial charge in [0.2, 0.25) is 11.8 Å². The van der Waals surface area contributed by atoms with E-state index in [1.54, 1.807) is 34.0 Å². The SMILES string of the molecule is Cn1cc(CCC(=O)N2CCCCCCOc3ccccc3Oc3ccc(Cl)cc3NC(=O)C2)cn1. The highest BCUT2D eigenvalue weighted by Gasteiger charge is 2.19. The summed E-state index contributed by atoms with van der Waals surface area (Å²) in [5.74, 6) is 1.26. The molecule has 9 heteroatoms. The number of nitrogens with one attached hydrogen (secondary N) is 1. The van der Waals surface area contributed by atoms with Crippen LogP contribution < -0.4 is 14.8 Å². The Morgan fingerprint density at radius 3 is 2.69 bits per heavy atom. The lowest BCUT2D eigenvalue weighted by atomic mass is 10.1. The van der Waals surface area contributed by atoms with Gasteiger partial charge in [0.15, 0.2) is 17.2 Å². The maximum atomic E-state index is 13.1. The number of carbonyl (C=O) groups excluding carboxylic acids is 2. The summed E-state index contributed by atoms with van der Waals surface area (Å²) in [5, 5.41) is 7.50. The molecule has 0 unspecified atom stereocenters. The van der Waals surface area contributed by atoms with Gasteiger partial charge in [-0.25, -0.2) is 0 Å². The Labute approximate surface area is 216 Å². The second kappa shape index (κ2) is 12.4. The smallest absolute Gasteiger partial charge is 0.244 e. The van der Waals surface area contributed by atoms with Gasteiger partial charge in [-0.3, -0.25) is 14.3 Å². The fraction of sp³-hybridized carbons (Fsp3) is 0.370. The molecule has 0 fully saturated rings. The van der Waals surface area contributed by atoms with Crippen LogP contribution in [0.3, 0.4) is 0 Å². The Morgan fingerprint density at radius 1 is 1.08 bits per heavy atom. The molecule has 36 heavy (non-hydrogen) atoms. The topological polar surface area (TPSA) is 85.7 Å². The first-order valence-corrected chi connectivity index (χ1v) is 12.6. The van der Waals surface area contributed by atoms with Crippen molar-refractivity contribution in [3.63, 3.8) is 0 Å². The summed E-state index contributed by atoms with van der Waals surface area (Å²) in [7, 11) is 1.85. The van der Waals surface area contributed by atoms with Gasteiger partial charge < -0.3 is 19.7 Å². The molecule has 0 radical (unpaired) electrons. The first-order valence-electron chi connectivity index (χ1n) is 12.2. The molecule has 2 aromatic carbocycles. The zero-order chi connectivity index (χ0) is 25.3. The Morgan fingerprint density at radius 2 is 1.89 bits per heavy atom. The van der Waals surface area contributed by atoms with Crippen LogP contribution in [-0.2, 0) is 23.1 Å². The largest absolute Gasteiger partial charge is 0.490 e. The summed E-state index contributed by atoms with van der Waals surface area (Å²) >= 11 is 6.21. The van der Waals surface area contributed by atoms with Crippen molar-refractivity contribution < 1.29 is 19.1 Å². The molecule has 0 atom stereocenters. The van der Waals surface area contributed by atoms with Crippen LogP contribution in [-0.4, -0.2) is 46.2 Å². The third-order valence-corrected chi connectivity index (χ3v) is 6.17. The van der Waals surface area contributed by atoms with E-state index in [0.29, 0.717) is 54.0 Å². The molecule has 8 nitrogen and oxygen atoms in total. The first-order chi connectivity index (χ1) is 17.5. The van der Waals surface area contributed by atoms with Crippen molar-refractivity contribution in [3.05, 3.63) is 65.4 Å². The zero-order valence-corrected chi connectivity index (χ0v) is 21.2. The number of hydrogen-bond donors (Lipinski definition) is 1. The summed E-state index contributed by atoms with van der Waals surface area (Å²) in [5.41, 5.74) is 1.42. The molecule has 2 heterocycles. The zero-order valence-electron chi connectivity index (χ0n) is 20.4. The minimum Gasteiger partial charge on any atom is -0.490 e.